The lowest BCUT2D eigenvalue weighted by Gasteiger charge is -2.06. The quantitative estimate of drug-likeness (QED) is 0.693. The van der Waals surface area contributed by atoms with Gasteiger partial charge >= 0.3 is 0 Å². The Morgan fingerprint density at radius 3 is 2.85 bits per heavy atom. The predicted octanol–water partition coefficient (Wildman–Crippen LogP) is 0.660. The Balaban J connectivity index is 3.17. The van der Waals surface area contributed by atoms with E-state index in [1.165, 1.54) is 13.3 Å². The van der Waals surface area contributed by atoms with Crippen LogP contribution in [0.1, 0.15) is 24.2 Å². The standard InChI is InChI=1S/C8H11N3O2/c1-3-13-8-6(5(2)12)7(9)10-4-11-8/h4H,3H2,1-2H3,(H2,9,10,11). The summed E-state index contributed by atoms with van der Waals surface area (Å²) in [7, 11) is 0. The number of rotatable bonds is 3. The Bertz CT molecular complexity index is 325. The number of ketones is 1. The molecule has 2 N–H and O–H groups in total. The maximum atomic E-state index is 11.1. The minimum Gasteiger partial charge on any atom is -0.477 e. The Morgan fingerprint density at radius 2 is 2.31 bits per heavy atom. The van der Waals surface area contributed by atoms with Gasteiger partial charge in [0, 0.05) is 0 Å². The van der Waals surface area contributed by atoms with Crippen LogP contribution in [0.4, 0.5) is 5.82 Å². The highest BCUT2D eigenvalue weighted by atomic mass is 16.5. The predicted molar refractivity (Wildman–Crippen MR) is 47.6 cm³/mol. The Hall–Kier alpha value is -1.65. The fourth-order valence-corrected chi connectivity index (χ4v) is 0.959. The molecule has 0 atom stereocenters. The maximum Gasteiger partial charge on any atom is 0.229 e. The highest BCUT2D eigenvalue weighted by molar-refractivity contribution is 6.00. The van der Waals surface area contributed by atoms with Gasteiger partial charge in [-0.05, 0) is 13.8 Å². The third-order valence-corrected chi connectivity index (χ3v) is 1.47. The van der Waals surface area contributed by atoms with Crippen LogP contribution in [0, 0.1) is 0 Å². The Morgan fingerprint density at radius 1 is 1.62 bits per heavy atom. The molecule has 70 valence electrons. The molecule has 0 fully saturated rings. The van der Waals surface area contributed by atoms with Crippen LogP contribution < -0.4 is 10.5 Å². The molecule has 1 heterocycles. The van der Waals surface area contributed by atoms with Crippen LogP contribution in [0.15, 0.2) is 6.33 Å². The second-order valence-electron chi connectivity index (χ2n) is 2.43. The maximum absolute atomic E-state index is 11.1. The third-order valence-electron chi connectivity index (χ3n) is 1.47. The van der Waals surface area contributed by atoms with Gasteiger partial charge in [-0.1, -0.05) is 0 Å². The van der Waals surface area contributed by atoms with Crippen molar-refractivity contribution in [3.63, 3.8) is 0 Å². The molecule has 0 aliphatic heterocycles. The first-order valence-electron chi connectivity index (χ1n) is 3.91. The second-order valence-corrected chi connectivity index (χ2v) is 2.43. The zero-order valence-corrected chi connectivity index (χ0v) is 7.57. The summed E-state index contributed by atoms with van der Waals surface area (Å²) in [6.45, 7) is 3.65. The zero-order chi connectivity index (χ0) is 9.84. The third kappa shape index (κ3) is 1.93. The summed E-state index contributed by atoms with van der Waals surface area (Å²) in [4.78, 5) is 18.6. The van der Waals surface area contributed by atoms with E-state index in [9.17, 15) is 4.79 Å². The number of anilines is 1. The van der Waals surface area contributed by atoms with E-state index in [0.29, 0.717) is 6.61 Å². The van der Waals surface area contributed by atoms with Gasteiger partial charge in [0.05, 0.1) is 6.61 Å². The molecule has 5 heteroatoms. The number of carbonyl (C=O) groups excluding carboxylic acids is 1. The van der Waals surface area contributed by atoms with Crippen molar-refractivity contribution in [2.45, 2.75) is 13.8 Å². The lowest BCUT2D eigenvalue weighted by Crippen LogP contribution is -2.08. The molecule has 0 radical (unpaired) electrons. The van der Waals surface area contributed by atoms with Crippen LogP contribution in [-0.4, -0.2) is 22.4 Å². The minimum absolute atomic E-state index is 0.158. The van der Waals surface area contributed by atoms with E-state index in [1.54, 1.807) is 0 Å². The van der Waals surface area contributed by atoms with Gasteiger partial charge in [-0.25, -0.2) is 9.97 Å². The number of ether oxygens (including phenoxy) is 1. The second kappa shape index (κ2) is 3.84. The smallest absolute Gasteiger partial charge is 0.229 e. The lowest BCUT2D eigenvalue weighted by atomic mass is 10.2. The van der Waals surface area contributed by atoms with Crippen molar-refractivity contribution in [1.82, 2.24) is 9.97 Å². The van der Waals surface area contributed by atoms with Crippen molar-refractivity contribution in [1.29, 1.82) is 0 Å². The largest absolute Gasteiger partial charge is 0.477 e. The van der Waals surface area contributed by atoms with E-state index in [-0.39, 0.29) is 23.0 Å². The Kier molecular flexibility index (Phi) is 2.79. The molecule has 0 bridgehead atoms. The van der Waals surface area contributed by atoms with Crippen molar-refractivity contribution in [2.75, 3.05) is 12.3 Å². The van der Waals surface area contributed by atoms with Gasteiger partial charge in [0.15, 0.2) is 5.78 Å². The average Bonchev–Trinajstić information content (AvgIpc) is 2.04. The van der Waals surface area contributed by atoms with E-state index < -0.39 is 0 Å². The fraction of sp³-hybridized carbons (Fsp3) is 0.375. The van der Waals surface area contributed by atoms with Gasteiger partial charge in [0.25, 0.3) is 0 Å². The van der Waals surface area contributed by atoms with Crippen LogP contribution in [0.3, 0.4) is 0 Å². The zero-order valence-electron chi connectivity index (χ0n) is 7.57. The van der Waals surface area contributed by atoms with E-state index in [0.717, 1.165) is 0 Å². The SMILES string of the molecule is CCOc1ncnc(N)c1C(C)=O. The molecule has 0 aromatic carbocycles. The topological polar surface area (TPSA) is 78.1 Å². The van der Waals surface area contributed by atoms with E-state index in [2.05, 4.69) is 9.97 Å². The normalized spacial score (nSPS) is 9.69. The number of nitrogen functional groups attached to an aromatic ring is 1. The molecule has 0 unspecified atom stereocenters. The van der Waals surface area contributed by atoms with Gasteiger partial charge in [-0.15, -0.1) is 0 Å². The lowest BCUT2D eigenvalue weighted by molar-refractivity contribution is 0.101. The first kappa shape index (κ1) is 9.44. The summed E-state index contributed by atoms with van der Waals surface area (Å²) in [5.41, 5.74) is 5.75. The number of carbonyl (C=O) groups is 1. The highest BCUT2D eigenvalue weighted by Gasteiger charge is 2.14. The van der Waals surface area contributed by atoms with Crippen LogP contribution in [-0.2, 0) is 0 Å². The van der Waals surface area contributed by atoms with E-state index in [4.69, 9.17) is 10.5 Å². The van der Waals surface area contributed by atoms with Crippen LogP contribution in [0.25, 0.3) is 0 Å². The van der Waals surface area contributed by atoms with Crippen molar-refractivity contribution in [2.24, 2.45) is 0 Å². The fourth-order valence-electron chi connectivity index (χ4n) is 0.959. The molecular weight excluding hydrogens is 170 g/mol. The number of nitrogens with two attached hydrogens (primary N) is 1. The molecule has 0 spiro atoms. The van der Waals surface area contributed by atoms with Gasteiger partial charge in [-0.2, -0.15) is 0 Å². The van der Waals surface area contributed by atoms with Gasteiger partial charge in [0.2, 0.25) is 5.88 Å². The van der Waals surface area contributed by atoms with Crippen molar-refractivity contribution >= 4 is 11.6 Å². The molecule has 5 nitrogen and oxygen atoms in total. The monoisotopic (exact) mass is 181 g/mol. The molecule has 1 aromatic heterocycles. The van der Waals surface area contributed by atoms with Crippen molar-refractivity contribution < 1.29 is 9.53 Å². The van der Waals surface area contributed by atoms with Gasteiger partial charge in [-0.3, -0.25) is 4.79 Å². The number of nitrogens with zero attached hydrogens (tertiary/aromatic N) is 2. The molecule has 0 aliphatic rings. The molecule has 0 saturated carbocycles. The minimum atomic E-state index is -0.193. The summed E-state index contributed by atoms with van der Waals surface area (Å²) in [6.07, 6.45) is 1.27. The number of aromatic nitrogens is 2. The van der Waals surface area contributed by atoms with Crippen LogP contribution in [0.5, 0.6) is 5.88 Å². The molecule has 1 rings (SSSR count). The highest BCUT2D eigenvalue weighted by Crippen LogP contribution is 2.19. The summed E-state index contributed by atoms with van der Waals surface area (Å²) in [5, 5.41) is 0. The summed E-state index contributed by atoms with van der Waals surface area (Å²) >= 11 is 0. The molecule has 13 heavy (non-hydrogen) atoms. The van der Waals surface area contributed by atoms with Gasteiger partial charge < -0.3 is 10.5 Å². The molecule has 0 amide bonds. The first-order valence-corrected chi connectivity index (χ1v) is 3.91. The van der Waals surface area contributed by atoms with E-state index in [1.807, 2.05) is 6.92 Å². The summed E-state index contributed by atoms with van der Waals surface area (Å²) in [6, 6.07) is 0. The van der Waals surface area contributed by atoms with Crippen molar-refractivity contribution in [3.05, 3.63) is 11.9 Å². The molecule has 1 aromatic rings. The number of hydrogen-bond donors (Lipinski definition) is 1. The van der Waals surface area contributed by atoms with E-state index >= 15 is 0 Å². The Labute approximate surface area is 75.9 Å². The van der Waals surface area contributed by atoms with Gasteiger partial charge in [0.1, 0.15) is 17.7 Å². The molecule has 0 saturated heterocycles. The van der Waals surface area contributed by atoms with Crippen LogP contribution >= 0.6 is 0 Å². The summed E-state index contributed by atoms with van der Waals surface area (Å²) < 4.78 is 5.13. The molecular formula is C8H11N3O2. The van der Waals surface area contributed by atoms with Crippen molar-refractivity contribution in [3.8, 4) is 5.88 Å². The molecule has 0 aliphatic carbocycles. The average molecular weight is 181 g/mol. The number of Topliss-reactive ketones (excluding diaryl/α,β-unsaturated/α-hetero) is 1. The number of hydrogen-bond acceptors (Lipinski definition) is 5. The summed E-state index contributed by atoms with van der Waals surface area (Å²) in [5.74, 6) is 0.218. The van der Waals surface area contributed by atoms with Crippen LogP contribution in [0.2, 0.25) is 0 Å². The first-order chi connectivity index (χ1) is 6.16.